The summed E-state index contributed by atoms with van der Waals surface area (Å²) in [7, 11) is 0. The third kappa shape index (κ3) is 1.42. The third-order valence-electron chi connectivity index (χ3n) is 0.442. The number of hydrogen-bond acceptors (Lipinski definition) is 0. The summed E-state index contributed by atoms with van der Waals surface area (Å²) in [6.07, 6.45) is 4.56. The van der Waals surface area contributed by atoms with Crippen molar-refractivity contribution in [1.82, 2.24) is 4.98 Å². The van der Waals surface area contributed by atoms with Crippen LogP contribution in [0.1, 0.15) is 0 Å². The first-order valence-corrected chi connectivity index (χ1v) is 1.49. The molecule has 0 radical (unpaired) electrons. The Morgan fingerprint density at radius 2 is 2.33 bits per heavy atom. The van der Waals surface area contributed by atoms with Gasteiger partial charge < -0.3 is 4.98 Å². The van der Waals surface area contributed by atoms with Crippen LogP contribution in [0.3, 0.4) is 0 Å². The molecule has 0 amide bonds. The first-order valence-electron chi connectivity index (χ1n) is 1.49. The second-order valence-corrected chi connectivity index (χ2v) is 0.814. The minimum Gasteiger partial charge on any atom is -0.484 e. The molecule has 0 saturated heterocycles. The van der Waals surface area contributed by atoms with Gasteiger partial charge in [-0.2, -0.15) is 18.3 Å². The van der Waals surface area contributed by atoms with Gasteiger partial charge in [0.15, 0.2) is 0 Å². The molecule has 32 valence electrons. The summed E-state index contributed by atoms with van der Waals surface area (Å²) < 4.78 is 0. The molecule has 2 heteroatoms. The van der Waals surface area contributed by atoms with E-state index in [9.17, 15) is 0 Å². The zero-order valence-corrected chi connectivity index (χ0v) is 5.15. The molecule has 0 aliphatic rings. The van der Waals surface area contributed by atoms with E-state index < -0.39 is 0 Å². The molecule has 6 heavy (non-hydrogen) atoms. The Morgan fingerprint density at radius 3 is 2.50 bits per heavy atom. The normalized spacial score (nSPS) is 6.67. The van der Waals surface area contributed by atoms with Crippen LogP contribution in [0, 0.1) is 6.20 Å². The molecule has 0 saturated carbocycles. The molecule has 0 bridgehead atoms. The number of aromatic amines is 1. The second-order valence-electron chi connectivity index (χ2n) is 0.814. The van der Waals surface area contributed by atoms with E-state index in [1.807, 2.05) is 18.3 Å². The molecular weight excluding hydrogens is 158 g/mol. The fourth-order valence-corrected chi connectivity index (χ4v) is 0.241. The van der Waals surface area contributed by atoms with Crippen molar-refractivity contribution in [3.8, 4) is 0 Å². The number of nitrogens with one attached hydrogen (secondary N) is 1. The minimum atomic E-state index is 0. The molecule has 1 aromatic heterocycles. The van der Waals surface area contributed by atoms with Crippen LogP contribution < -0.4 is 0 Å². The predicted octanol–water partition coefficient (Wildman–Crippen LogP) is 0.812. The molecule has 1 rings (SSSR count). The Hall–Kier alpha value is -0.0317. The van der Waals surface area contributed by atoms with Gasteiger partial charge in [-0.25, -0.2) is 0 Å². The quantitative estimate of drug-likeness (QED) is 0.429. The van der Waals surface area contributed by atoms with Gasteiger partial charge in [0.05, 0.1) is 0 Å². The Labute approximate surface area is 51.0 Å². The fraction of sp³-hybridized carbons (Fsp3) is 0. The van der Waals surface area contributed by atoms with E-state index >= 15 is 0 Å². The molecule has 0 aliphatic heterocycles. The smallest absolute Gasteiger partial charge is 0 e. The van der Waals surface area contributed by atoms with Crippen LogP contribution in [0.4, 0.5) is 0 Å². The van der Waals surface area contributed by atoms with Gasteiger partial charge in [0.25, 0.3) is 0 Å². The zero-order valence-electron chi connectivity index (χ0n) is 3.14. The third-order valence-corrected chi connectivity index (χ3v) is 0.442. The van der Waals surface area contributed by atoms with Crippen molar-refractivity contribution in [3.05, 3.63) is 24.5 Å². The fourth-order valence-electron chi connectivity index (χ4n) is 0.241. The van der Waals surface area contributed by atoms with Crippen LogP contribution in [-0.4, -0.2) is 4.98 Å². The SMILES string of the molecule is [Mo].[c-]1ccc[nH]1. The minimum absolute atomic E-state index is 0. The summed E-state index contributed by atoms with van der Waals surface area (Å²) in [5.74, 6) is 0. The van der Waals surface area contributed by atoms with Crippen LogP contribution >= 0.6 is 0 Å². The average Bonchev–Trinajstić information content (AvgIpc) is 1.76. The predicted molar refractivity (Wildman–Crippen MR) is 19.6 cm³/mol. The van der Waals surface area contributed by atoms with E-state index in [1.54, 1.807) is 0 Å². The van der Waals surface area contributed by atoms with Gasteiger partial charge in [0, 0.05) is 21.1 Å². The maximum atomic E-state index is 2.74. The van der Waals surface area contributed by atoms with E-state index in [0.29, 0.717) is 0 Å². The molecule has 1 nitrogen and oxygen atoms in total. The number of rotatable bonds is 0. The second kappa shape index (κ2) is 3.17. The largest absolute Gasteiger partial charge is 0.484 e. The summed E-state index contributed by atoms with van der Waals surface area (Å²) in [5, 5.41) is 0. The average molecular weight is 162 g/mol. The first-order chi connectivity index (χ1) is 2.50. The van der Waals surface area contributed by atoms with Crippen LogP contribution in [0.5, 0.6) is 0 Å². The summed E-state index contributed by atoms with van der Waals surface area (Å²) in [5.41, 5.74) is 0. The van der Waals surface area contributed by atoms with E-state index in [2.05, 4.69) is 11.2 Å². The Kier molecular flexibility index (Phi) is 3.15. The topological polar surface area (TPSA) is 15.8 Å². The van der Waals surface area contributed by atoms with Gasteiger partial charge >= 0.3 is 0 Å². The van der Waals surface area contributed by atoms with Crippen molar-refractivity contribution >= 4 is 0 Å². The Bertz CT molecular complexity index is 64.0. The van der Waals surface area contributed by atoms with Gasteiger partial charge in [0.1, 0.15) is 0 Å². The van der Waals surface area contributed by atoms with Crippen molar-refractivity contribution in [2.45, 2.75) is 0 Å². The standard InChI is InChI=1S/C4H4N.Mo/c1-2-4-5-3-1;/h1-3,5H;/q-1;. The summed E-state index contributed by atoms with van der Waals surface area (Å²) in [4.78, 5) is 2.74. The Morgan fingerprint density at radius 1 is 1.50 bits per heavy atom. The first kappa shape index (κ1) is 5.97. The summed E-state index contributed by atoms with van der Waals surface area (Å²) >= 11 is 0. The van der Waals surface area contributed by atoms with E-state index in [0.717, 1.165) is 0 Å². The van der Waals surface area contributed by atoms with Crippen molar-refractivity contribution in [1.29, 1.82) is 0 Å². The molecule has 0 unspecified atom stereocenters. The van der Waals surface area contributed by atoms with E-state index in [4.69, 9.17) is 0 Å². The van der Waals surface area contributed by atoms with Crippen molar-refractivity contribution in [2.75, 3.05) is 0 Å². The van der Waals surface area contributed by atoms with Gasteiger partial charge in [-0.05, 0) is 0 Å². The molecule has 1 aromatic rings. The zero-order chi connectivity index (χ0) is 3.54. The molecule has 1 N–H and O–H groups in total. The number of hydrogen-bond donors (Lipinski definition) is 1. The molecule has 0 fully saturated rings. The molecule has 0 aromatic carbocycles. The van der Waals surface area contributed by atoms with Gasteiger partial charge in [0.2, 0.25) is 0 Å². The molecule has 1 heterocycles. The molecule has 0 spiro atoms. The van der Waals surface area contributed by atoms with Crippen LogP contribution in [0.15, 0.2) is 18.3 Å². The number of aromatic nitrogens is 1. The summed E-state index contributed by atoms with van der Waals surface area (Å²) in [6.45, 7) is 0. The molecule has 0 atom stereocenters. The maximum Gasteiger partial charge on any atom is 0 e. The van der Waals surface area contributed by atoms with Gasteiger partial charge in [-0.3, -0.25) is 0 Å². The van der Waals surface area contributed by atoms with Gasteiger partial charge in [-0.1, -0.05) is 0 Å². The van der Waals surface area contributed by atoms with E-state index in [1.165, 1.54) is 0 Å². The van der Waals surface area contributed by atoms with Crippen LogP contribution in [-0.2, 0) is 21.1 Å². The summed E-state index contributed by atoms with van der Waals surface area (Å²) in [6, 6.07) is 3.71. The monoisotopic (exact) mass is 164 g/mol. The molecule has 0 aliphatic carbocycles. The van der Waals surface area contributed by atoms with Crippen molar-refractivity contribution in [3.63, 3.8) is 0 Å². The van der Waals surface area contributed by atoms with E-state index in [-0.39, 0.29) is 21.1 Å². The number of H-pyrrole nitrogens is 1. The maximum absolute atomic E-state index is 2.74. The van der Waals surface area contributed by atoms with Gasteiger partial charge in [-0.15, -0.1) is 6.20 Å². The van der Waals surface area contributed by atoms with Crippen LogP contribution in [0.2, 0.25) is 0 Å². The van der Waals surface area contributed by atoms with Crippen molar-refractivity contribution in [2.24, 2.45) is 0 Å². The Balaban J connectivity index is 0.000000250. The molecular formula is C4H4MoN-. The van der Waals surface area contributed by atoms with Crippen molar-refractivity contribution < 1.29 is 21.1 Å². The van der Waals surface area contributed by atoms with Crippen LogP contribution in [0.25, 0.3) is 0 Å².